The van der Waals surface area contributed by atoms with E-state index in [4.69, 9.17) is 33.2 Å². The van der Waals surface area contributed by atoms with Gasteiger partial charge in [-0.15, -0.1) is 0 Å². The second-order valence-electron chi connectivity index (χ2n) is 12.6. The van der Waals surface area contributed by atoms with Crippen LogP contribution < -0.4 is 0 Å². The quantitative estimate of drug-likeness (QED) is 0.183. The molecule has 2 aliphatic carbocycles. The lowest BCUT2D eigenvalue weighted by molar-refractivity contribution is -0.247. The first-order valence-corrected chi connectivity index (χ1v) is 14.9. The first-order chi connectivity index (χ1) is 20.4. The number of epoxide rings is 1. The van der Waals surface area contributed by atoms with E-state index in [1.165, 1.54) is 27.7 Å². The Labute approximate surface area is 256 Å². The smallest absolute Gasteiger partial charge is 0.342 e. The van der Waals surface area contributed by atoms with Gasteiger partial charge in [0, 0.05) is 58.8 Å². The zero-order valence-corrected chi connectivity index (χ0v) is 26.6. The second kappa shape index (κ2) is 11.8. The van der Waals surface area contributed by atoms with Crippen LogP contribution in [0.4, 0.5) is 0 Å². The van der Waals surface area contributed by atoms with Gasteiger partial charge in [-0.25, -0.2) is 4.79 Å². The number of hydrogen-bond acceptors (Lipinski definition) is 13. The monoisotopic (exact) mass is 622 g/mol. The Kier molecular flexibility index (Phi) is 8.95. The van der Waals surface area contributed by atoms with Crippen molar-refractivity contribution >= 4 is 35.8 Å². The molecule has 0 amide bonds. The van der Waals surface area contributed by atoms with E-state index in [1.807, 2.05) is 0 Å². The summed E-state index contributed by atoms with van der Waals surface area (Å²) in [6, 6.07) is 0. The van der Waals surface area contributed by atoms with E-state index in [2.05, 4.69) is 0 Å². The molecule has 1 spiro atoms. The maximum atomic E-state index is 13.2. The van der Waals surface area contributed by atoms with Crippen molar-refractivity contribution in [2.45, 2.75) is 129 Å². The summed E-state index contributed by atoms with van der Waals surface area (Å²) in [5.41, 5.74) is -3.90. The predicted octanol–water partition coefficient (Wildman–Crippen LogP) is 2.50. The molecule has 2 saturated heterocycles. The highest BCUT2D eigenvalue weighted by atomic mass is 16.7. The van der Waals surface area contributed by atoms with Gasteiger partial charge in [0.15, 0.2) is 17.3 Å². The van der Waals surface area contributed by atoms with Gasteiger partial charge in [-0.05, 0) is 19.9 Å². The third-order valence-electron chi connectivity index (χ3n) is 9.58. The Balaban J connectivity index is 2.08. The molecule has 13 nitrogen and oxygen atoms in total. The molecule has 4 rings (SSSR count). The van der Waals surface area contributed by atoms with Crippen molar-refractivity contribution in [2.75, 3.05) is 0 Å². The van der Waals surface area contributed by atoms with E-state index in [0.717, 1.165) is 0 Å². The number of hydrogen-bond donors (Lipinski definition) is 0. The number of rotatable bonds is 6. The third-order valence-corrected chi connectivity index (χ3v) is 9.58. The summed E-state index contributed by atoms with van der Waals surface area (Å²) in [5.74, 6) is -5.54. The molecule has 0 bridgehead atoms. The van der Waals surface area contributed by atoms with Crippen LogP contribution >= 0.6 is 0 Å². The highest BCUT2D eigenvalue weighted by Crippen LogP contribution is 2.66. The van der Waals surface area contributed by atoms with Crippen LogP contribution in [0.25, 0.3) is 0 Å². The van der Waals surface area contributed by atoms with Gasteiger partial charge in [-0.1, -0.05) is 26.3 Å². The average molecular weight is 623 g/mol. The van der Waals surface area contributed by atoms with Crippen LogP contribution in [0.2, 0.25) is 0 Å². The fraction of sp³-hybridized carbons (Fsp3) is 0.742. The molecule has 0 radical (unpaired) electrons. The van der Waals surface area contributed by atoms with Crippen molar-refractivity contribution in [1.29, 1.82) is 0 Å². The minimum Gasteiger partial charge on any atom is -0.462 e. The van der Waals surface area contributed by atoms with Crippen LogP contribution in [0, 0.1) is 17.3 Å². The number of fused-ring (bicyclic) bond motifs is 1. The molecule has 3 fully saturated rings. The molecule has 2 aliphatic heterocycles. The van der Waals surface area contributed by atoms with Gasteiger partial charge < -0.3 is 33.2 Å². The molecule has 4 aliphatic rings. The molecular formula is C31H42O13. The molecule has 1 saturated carbocycles. The molecule has 8 unspecified atom stereocenters. The van der Waals surface area contributed by atoms with Gasteiger partial charge in [0.05, 0.1) is 5.41 Å². The third kappa shape index (κ3) is 5.48. The topological polar surface area (TPSA) is 170 Å². The summed E-state index contributed by atoms with van der Waals surface area (Å²) in [7, 11) is 0. The molecular weight excluding hydrogens is 580 g/mol. The lowest BCUT2D eigenvalue weighted by atomic mass is 9.52. The molecule has 0 aromatic rings. The summed E-state index contributed by atoms with van der Waals surface area (Å²) in [4.78, 5) is 76.5. The van der Waals surface area contributed by atoms with Crippen molar-refractivity contribution in [3.63, 3.8) is 0 Å². The van der Waals surface area contributed by atoms with Crippen molar-refractivity contribution in [3.05, 3.63) is 11.6 Å². The molecule has 2 heterocycles. The maximum absolute atomic E-state index is 13.2. The van der Waals surface area contributed by atoms with Crippen LogP contribution in [-0.2, 0) is 61.9 Å². The second-order valence-corrected chi connectivity index (χ2v) is 12.6. The van der Waals surface area contributed by atoms with Gasteiger partial charge in [0.2, 0.25) is 0 Å². The first-order valence-electron chi connectivity index (χ1n) is 14.9. The SMILES string of the molecule is CCC(=O)OC1CC(OC(C)=O)[C@]2(C)C(OC(C)=O)C(OC(C)=O)C/C(C)=C\C3OC(=O)[C@]4(C)OC34C(OC(C)=O)C2[C@H]1C. The van der Waals surface area contributed by atoms with Crippen molar-refractivity contribution in [2.24, 2.45) is 17.3 Å². The molecule has 244 valence electrons. The Morgan fingerprint density at radius 3 is 1.95 bits per heavy atom. The summed E-state index contributed by atoms with van der Waals surface area (Å²) in [6.45, 7) is 13.2. The van der Waals surface area contributed by atoms with Crippen LogP contribution in [0.1, 0.15) is 81.6 Å². The minimum absolute atomic E-state index is 0.00433. The van der Waals surface area contributed by atoms with Gasteiger partial charge >= 0.3 is 35.8 Å². The highest BCUT2D eigenvalue weighted by Gasteiger charge is 2.87. The van der Waals surface area contributed by atoms with E-state index in [-0.39, 0.29) is 19.3 Å². The largest absolute Gasteiger partial charge is 0.462 e. The van der Waals surface area contributed by atoms with Crippen LogP contribution in [-0.4, -0.2) is 83.6 Å². The summed E-state index contributed by atoms with van der Waals surface area (Å²) in [5, 5.41) is 0. The van der Waals surface area contributed by atoms with Gasteiger partial charge in [0.1, 0.15) is 30.5 Å². The van der Waals surface area contributed by atoms with Crippen molar-refractivity contribution in [3.8, 4) is 0 Å². The summed E-state index contributed by atoms with van der Waals surface area (Å²) < 4.78 is 41.7. The Hall–Kier alpha value is -3.48. The summed E-state index contributed by atoms with van der Waals surface area (Å²) >= 11 is 0. The standard InChI is InChI=1S/C31H42O13/c1-10-24(36)42-20-13-22(39-17(5)33)29(8)25(15(20)3)27(41-19(7)35)31-23(43-28(37)30(31,9)44-31)12-14(2)11-21(38-16(4)32)26(29)40-18(6)34/h12,15,20-23,25-27H,10-11,13H2,1-9H3/b14-12-/t15-,20?,21?,22?,23?,25?,26?,27?,29-,30-,31?/m0/s1. The Morgan fingerprint density at radius 2 is 1.43 bits per heavy atom. The Morgan fingerprint density at radius 1 is 0.864 bits per heavy atom. The molecule has 44 heavy (non-hydrogen) atoms. The summed E-state index contributed by atoms with van der Waals surface area (Å²) in [6.07, 6.45) is -4.86. The molecule has 0 aromatic heterocycles. The zero-order valence-electron chi connectivity index (χ0n) is 26.6. The van der Waals surface area contributed by atoms with E-state index in [0.29, 0.717) is 5.57 Å². The zero-order chi connectivity index (χ0) is 32.9. The molecule has 0 aromatic carbocycles. The lowest BCUT2D eigenvalue weighted by Crippen LogP contribution is -2.68. The molecule has 13 heteroatoms. The van der Waals surface area contributed by atoms with E-state index >= 15 is 0 Å². The fourth-order valence-electron chi connectivity index (χ4n) is 7.71. The van der Waals surface area contributed by atoms with Gasteiger partial charge in [-0.3, -0.25) is 24.0 Å². The fourth-order valence-corrected chi connectivity index (χ4v) is 7.71. The van der Waals surface area contributed by atoms with Crippen molar-refractivity contribution in [1.82, 2.24) is 0 Å². The average Bonchev–Trinajstić information content (AvgIpc) is 3.49. The number of carbonyl (C=O) groups is 6. The van der Waals surface area contributed by atoms with Crippen LogP contribution in [0.15, 0.2) is 11.6 Å². The minimum atomic E-state index is -1.52. The highest BCUT2D eigenvalue weighted by molar-refractivity contribution is 5.89. The maximum Gasteiger partial charge on any atom is 0.342 e. The number of esters is 6. The van der Waals surface area contributed by atoms with E-state index < -0.39 is 101 Å². The number of ether oxygens (including phenoxy) is 7. The predicted molar refractivity (Wildman–Crippen MR) is 148 cm³/mol. The van der Waals surface area contributed by atoms with E-state index in [9.17, 15) is 28.8 Å². The van der Waals surface area contributed by atoms with Gasteiger partial charge in [-0.2, -0.15) is 0 Å². The Bertz CT molecular complexity index is 1270. The number of carbonyl (C=O) groups excluding carboxylic acids is 6. The molecule has 11 atom stereocenters. The van der Waals surface area contributed by atoms with Crippen LogP contribution in [0.5, 0.6) is 0 Å². The van der Waals surface area contributed by atoms with Crippen LogP contribution in [0.3, 0.4) is 0 Å². The normalized spacial score (nSPS) is 42.0. The van der Waals surface area contributed by atoms with E-state index in [1.54, 1.807) is 40.7 Å². The van der Waals surface area contributed by atoms with Gasteiger partial charge in [0.25, 0.3) is 0 Å². The lowest BCUT2D eigenvalue weighted by Gasteiger charge is -2.57. The molecule has 0 N–H and O–H groups in total. The van der Waals surface area contributed by atoms with Crippen molar-refractivity contribution < 1.29 is 61.9 Å². The first kappa shape index (κ1) is 33.4.